The van der Waals surface area contributed by atoms with Gasteiger partial charge < -0.3 is 14.7 Å². The summed E-state index contributed by atoms with van der Waals surface area (Å²) in [6, 6.07) is 20.9. The van der Waals surface area contributed by atoms with Crippen LogP contribution in [-0.2, 0) is 11.2 Å². The van der Waals surface area contributed by atoms with E-state index in [1.165, 1.54) is 6.07 Å². The molecule has 3 aromatic rings. The van der Waals surface area contributed by atoms with Crippen LogP contribution in [0.3, 0.4) is 0 Å². The molecule has 0 bridgehead atoms. The van der Waals surface area contributed by atoms with E-state index in [1.54, 1.807) is 19.2 Å². The molecule has 3 aromatic carbocycles. The molecular weight excluding hydrogens is 431 g/mol. The van der Waals surface area contributed by atoms with Gasteiger partial charge >= 0.3 is 5.97 Å². The Bertz CT molecular complexity index is 1230. The van der Waals surface area contributed by atoms with E-state index < -0.39 is 5.97 Å². The predicted molar refractivity (Wildman–Crippen MR) is 129 cm³/mol. The molecule has 0 aliphatic carbocycles. The number of aryl methyl sites for hydroxylation is 1. The molecule has 0 saturated carbocycles. The Morgan fingerprint density at radius 1 is 1.18 bits per heavy atom. The number of aliphatic carboxylic acids is 1. The topological polar surface area (TPSA) is 73.6 Å². The first-order valence-corrected chi connectivity index (χ1v) is 11.3. The molecule has 174 valence electrons. The number of carbonyl (C=O) groups is 1. The number of carboxylic acids is 1. The van der Waals surface area contributed by atoms with Crippen molar-refractivity contribution < 1.29 is 19.0 Å². The maximum atomic E-state index is 14.4. The predicted octanol–water partition coefficient (Wildman–Crippen LogP) is 5.59. The summed E-state index contributed by atoms with van der Waals surface area (Å²) >= 11 is 0. The summed E-state index contributed by atoms with van der Waals surface area (Å²) in [5.74, 6) is -0.675. The third-order valence-electron chi connectivity index (χ3n) is 6.50. The molecule has 5 nitrogen and oxygen atoms in total. The quantitative estimate of drug-likeness (QED) is 0.499. The number of nitrogens with zero attached hydrogens (tertiary/aromatic N) is 2. The number of rotatable bonds is 7. The van der Waals surface area contributed by atoms with E-state index in [1.807, 2.05) is 54.3 Å². The SMILES string of the molecule is COc1ccc(F)c(-c2ccc(Cc3ccc(N4CC(C#N)CC4CC(=O)O)cc3)c(C)c2)c1. The average Bonchev–Trinajstić information content (AvgIpc) is 3.23. The largest absolute Gasteiger partial charge is 0.497 e. The second kappa shape index (κ2) is 9.96. The highest BCUT2D eigenvalue weighted by molar-refractivity contribution is 5.69. The first-order valence-electron chi connectivity index (χ1n) is 11.3. The lowest BCUT2D eigenvalue weighted by molar-refractivity contribution is -0.137. The molecule has 0 radical (unpaired) electrons. The third-order valence-corrected chi connectivity index (χ3v) is 6.50. The molecule has 4 rings (SSSR count). The maximum absolute atomic E-state index is 14.4. The van der Waals surface area contributed by atoms with Crippen LogP contribution in [0.2, 0.25) is 0 Å². The Hall–Kier alpha value is -3.85. The van der Waals surface area contributed by atoms with Gasteiger partial charge in [-0.1, -0.05) is 30.3 Å². The Kier molecular flexibility index (Phi) is 6.83. The Morgan fingerprint density at radius 3 is 2.59 bits per heavy atom. The van der Waals surface area contributed by atoms with E-state index in [0.717, 1.165) is 34.4 Å². The summed E-state index contributed by atoms with van der Waals surface area (Å²) in [5.41, 5.74) is 5.59. The number of nitriles is 1. The van der Waals surface area contributed by atoms with E-state index in [0.29, 0.717) is 24.3 Å². The maximum Gasteiger partial charge on any atom is 0.305 e. The van der Waals surface area contributed by atoms with Gasteiger partial charge in [0.25, 0.3) is 0 Å². The van der Waals surface area contributed by atoms with Crippen molar-refractivity contribution in [3.05, 3.63) is 83.2 Å². The molecule has 1 heterocycles. The fourth-order valence-electron chi connectivity index (χ4n) is 4.66. The minimum absolute atomic E-state index is 0.0271. The highest BCUT2D eigenvalue weighted by Crippen LogP contribution is 2.32. The number of hydrogen-bond donors (Lipinski definition) is 1. The van der Waals surface area contributed by atoms with Crippen LogP contribution in [0, 0.1) is 30.0 Å². The van der Waals surface area contributed by atoms with E-state index in [4.69, 9.17) is 4.74 Å². The fraction of sp³-hybridized carbons (Fsp3) is 0.286. The lowest BCUT2D eigenvalue weighted by Gasteiger charge is -2.25. The summed E-state index contributed by atoms with van der Waals surface area (Å²) < 4.78 is 19.6. The number of carboxylic acid groups (broad SMARTS) is 1. The van der Waals surface area contributed by atoms with E-state index in [9.17, 15) is 19.6 Å². The van der Waals surface area contributed by atoms with Gasteiger partial charge in [0.15, 0.2) is 0 Å². The van der Waals surface area contributed by atoms with Crippen LogP contribution in [0.1, 0.15) is 29.5 Å². The number of methoxy groups -OCH3 is 1. The lowest BCUT2D eigenvalue weighted by Crippen LogP contribution is -2.31. The van der Waals surface area contributed by atoms with Crippen molar-refractivity contribution in [1.29, 1.82) is 5.26 Å². The normalized spacial score (nSPS) is 17.4. The van der Waals surface area contributed by atoms with E-state index in [-0.39, 0.29) is 24.2 Å². The van der Waals surface area contributed by atoms with Gasteiger partial charge in [-0.15, -0.1) is 0 Å². The summed E-state index contributed by atoms with van der Waals surface area (Å²) in [5, 5.41) is 18.5. The van der Waals surface area contributed by atoms with Crippen LogP contribution in [0.15, 0.2) is 60.7 Å². The van der Waals surface area contributed by atoms with Crippen LogP contribution in [0.4, 0.5) is 10.1 Å². The summed E-state index contributed by atoms with van der Waals surface area (Å²) in [6.45, 7) is 2.57. The molecule has 1 aliphatic heterocycles. The number of benzene rings is 3. The van der Waals surface area contributed by atoms with Crippen molar-refractivity contribution >= 4 is 11.7 Å². The molecule has 1 N–H and O–H groups in total. The summed E-state index contributed by atoms with van der Waals surface area (Å²) in [6.07, 6.45) is 1.33. The summed E-state index contributed by atoms with van der Waals surface area (Å²) in [7, 11) is 1.56. The zero-order chi connectivity index (χ0) is 24.2. The Morgan fingerprint density at radius 2 is 1.94 bits per heavy atom. The molecule has 1 fully saturated rings. The molecule has 2 atom stereocenters. The highest BCUT2D eigenvalue weighted by atomic mass is 19.1. The van der Waals surface area contributed by atoms with Crippen LogP contribution in [0.5, 0.6) is 5.75 Å². The lowest BCUT2D eigenvalue weighted by atomic mass is 9.95. The Balaban J connectivity index is 1.51. The minimum Gasteiger partial charge on any atom is -0.497 e. The zero-order valence-electron chi connectivity index (χ0n) is 19.3. The van der Waals surface area contributed by atoms with Gasteiger partial charge in [0.05, 0.1) is 25.5 Å². The van der Waals surface area contributed by atoms with Gasteiger partial charge in [0, 0.05) is 23.8 Å². The minimum atomic E-state index is -0.849. The van der Waals surface area contributed by atoms with Crippen molar-refractivity contribution in [2.75, 3.05) is 18.6 Å². The molecule has 0 aromatic heterocycles. The molecule has 0 spiro atoms. The number of halogens is 1. The van der Waals surface area contributed by atoms with Gasteiger partial charge in [-0.05, 0) is 72.4 Å². The summed E-state index contributed by atoms with van der Waals surface area (Å²) in [4.78, 5) is 13.3. The average molecular weight is 459 g/mol. The first-order chi connectivity index (χ1) is 16.4. The number of hydrogen-bond acceptors (Lipinski definition) is 4. The van der Waals surface area contributed by atoms with Gasteiger partial charge in [-0.3, -0.25) is 4.79 Å². The van der Waals surface area contributed by atoms with Gasteiger partial charge in [-0.25, -0.2) is 4.39 Å². The van der Waals surface area contributed by atoms with Crippen molar-refractivity contribution in [3.8, 4) is 22.9 Å². The molecule has 1 saturated heterocycles. The zero-order valence-corrected chi connectivity index (χ0v) is 19.3. The Labute approximate surface area is 199 Å². The molecule has 6 heteroatoms. The molecule has 34 heavy (non-hydrogen) atoms. The smallest absolute Gasteiger partial charge is 0.305 e. The molecule has 0 amide bonds. The van der Waals surface area contributed by atoms with Crippen LogP contribution < -0.4 is 9.64 Å². The fourth-order valence-corrected chi connectivity index (χ4v) is 4.66. The standard InChI is InChI=1S/C28H27FN2O3/c1-18-11-22(26-15-25(34-2)9-10-27(26)29)6-5-21(18)12-19-3-7-23(8-4-19)31-17-20(16-30)13-24(31)14-28(32)33/h3-11,15,20,24H,12-14,17H2,1-2H3,(H,32,33). The van der Waals surface area contributed by atoms with Gasteiger partial charge in [0.2, 0.25) is 0 Å². The van der Waals surface area contributed by atoms with Crippen LogP contribution >= 0.6 is 0 Å². The molecule has 1 aliphatic rings. The van der Waals surface area contributed by atoms with E-state index >= 15 is 0 Å². The van der Waals surface area contributed by atoms with E-state index in [2.05, 4.69) is 6.07 Å². The number of ether oxygens (including phenoxy) is 1. The highest BCUT2D eigenvalue weighted by Gasteiger charge is 2.33. The second-order valence-electron chi connectivity index (χ2n) is 8.80. The second-order valence-corrected chi connectivity index (χ2v) is 8.80. The van der Waals surface area contributed by atoms with Crippen LogP contribution in [-0.4, -0.2) is 30.8 Å². The monoisotopic (exact) mass is 458 g/mol. The first kappa shape index (κ1) is 23.3. The third kappa shape index (κ3) is 5.04. The van der Waals surface area contributed by atoms with Crippen molar-refractivity contribution in [1.82, 2.24) is 0 Å². The molecule has 2 unspecified atom stereocenters. The molecular formula is C28H27FN2O3. The van der Waals surface area contributed by atoms with Gasteiger partial charge in [-0.2, -0.15) is 5.26 Å². The van der Waals surface area contributed by atoms with Crippen LogP contribution in [0.25, 0.3) is 11.1 Å². The van der Waals surface area contributed by atoms with Gasteiger partial charge in [0.1, 0.15) is 11.6 Å². The van der Waals surface area contributed by atoms with Crippen molar-refractivity contribution in [3.63, 3.8) is 0 Å². The number of anilines is 1. The van der Waals surface area contributed by atoms with Crippen molar-refractivity contribution in [2.24, 2.45) is 5.92 Å². The van der Waals surface area contributed by atoms with Crippen molar-refractivity contribution in [2.45, 2.75) is 32.2 Å².